The lowest BCUT2D eigenvalue weighted by atomic mass is 10.4. The molecule has 0 nitrogen and oxygen atoms in total. The summed E-state index contributed by atoms with van der Waals surface area (Å²) in [4.78, 5) is 0. The van der Waals surface area contributed by atoms with E-state index in [2.05, 4.69) is 92.0 Å². The topological polar surface area (TPSA) is 0 Å². The smallest absolute Gasteiger partial charge is 0.0810 e. The van der Waals surface area contributed by atoms with Crippen molar-refractivity contribution in [1.82, 2.24) is 0 Å². The number of hydrogen-bond donors (Lipinski definition) is 0. The quantitative estimate of drug-likeness (QED) is 0.565. The van der Waals surface area contributed by atoms with Crippen molar-refractivity contribution >= 4 is 25.8 Å². The Bertz CT molecular complexity index is 617. The van der Waals surface area contributed by atoms with Crippen LogP contribution in [0.5, 0.6) is 0 Å². The van der Waals surface area contributed by atoms with E-state index in [1.807, 2.05) is 0 Å². The zero-order chi connectivity index (χ0) is 14.7. The summed E-state index contributed by atoms with van der Waals surface area (Å²) in [7, 11) is -1.83. The van der Waals surface area contributed by atoms with Gasteiger partial charge in [-0.15, -0.1) is 0 Å². The van der Waals surface area contributed by atoms with Gasteiger partial charge in [-0.05, 0) is 17.0 Å². The van der Waals surface area contributed by atoms with Crippen molar-refractivity contribution in [2.75, 3.05) is 0 Å². The third-order valence-electron chi connectivity index (χ3n) is 4.07. The molecule has 1 aliphatic carbocycles. The Balaban J connectivity index is 2.11. The van der Waals surface area contributed by atoms with Gasteiger partial charge in [0.25, 0.3) is 0 Å². The van der Waals surface area contributed by atoms with Crippen LogP contribution < -0.4 is 10.6 Å². The van der Waals surface area contributed by atoms with Gasteiger partial charge in [0.2, 0.25) is 0 Å². The Labute approximate surface area is 129 Å². The minimum Gasteiger partial charge on any atom is -0.0810 e. The summed E-state index contributed by atoms with van der Waals surface area (Å²) in [5.74, 6) is 0. The van der Waals surface area contributed by atoms with Crippen LogP contribution in [0.15, 0.2) is 84.1 Å². The summed E-state index contributed by atoms with van der Waals surface area (Å²) < 4.78 is 0. The van der Waals surface area contributed by atoms with E-state index in [1.54, 1.807) is 5.20 Å². The van der Waals surface area contributed by atoms with Crippen LogP contribution in [0.25, 0.3) is 0 Å². The molecule has 2 heteroatoms. The highest BCUT2D eigenvalue weighted by molar-refractivity contribution is 8.05. The molecule has 0 heterocycles. The highest BCUT2D eigenvalue weighted by Gasteiger charge is 2.36. The molecular weight excluding hydrogens is 287 g/mol. The van der Waals surface area contributed by atoms with Crippen LogP contribution in [-0.2, 0) is 0 Å². The first-order valence-electron chi connectivity index (χ1n) is 7.47. The van der Waals surface area contributed by atoms with Gasteiger partial charge < -0.3 is 0 Å². The van der Waals surface area contributed by atoms with E-state index in [0.29, 0.717) is 0 Å². The van der Waals surface area contributed by atoms with E-state index in [4.69, 9.17) is 0 Å². The molecule has 0 fully saturated rings. The molecule has 0 saturated heterocycles. The van der Waals surface area contributed by atoms with Crippen molar-refractivity contribution in [3.05, 3.63) is 84.1 Å². The lowest BCUT2D eigenvalue weighted by Gasteiger charge is -2.34. The van der Waals surface area contributed by atoms with Crippen molar-refractivity contribution in [3.63, 3.8) is 0 Å². The molecule has 3 rings (SSSR count). The molecule has 2 aromatic carbocycles. The summed E-state index contributed by atoms with van der Waals surface area (Å²) in [6, 6.07) is 22.2. The van der Waals surface area contributed by atoms with E-state index < -0.39 is 7.74 Å². The molecule has 0 N–H and O–H groups in total. The molecule has 0 saturated carbocycles. The Kier molecular flexibility index (Phi) is 4.23. The largest absolute Gasteiger partial charge is 0.116 e. The average Bonchev–Trinajstić information content (AvgIpc) is 3.04. The molecule has 2 aromatic rings. The fourth-order valence-electron chi connectivity index (χ4n) is 2.99. The second kappa shape index (κ2) is 6.13. The lowest BCUT2D eigenvalue weighted by molar-refractivity contribution is 1.45. The van der Waals surface area contributed by atoms with Crippen LogP contribution in [0.3, 0.4) is 0 Å². The highest BCUT2D eigenvalue weighted by Crippen LogP contribution is 2.49. The molecule has 0 spiro atoms. The summed E-state index contributed by atoms with van der Waals surface area (Å²) in [6.07, 6.45) is 8.22. The Morgan fingerprint density at radius 2 is 1.33 bits per heavy atom. The molecule has 0 aliphatic heterocycles. The van der Waals surface area contributed by atoms with Gasteiger partial charge in [0.1, 0.15) is 7.74 Å². The maximum Gasteiger partial charge on any atom is 0.116 e. The summed E-state index contributed by atoms with van der Waals surface area (Å²) >= 11 is 0. The van der Waals surface area contributed by atoms with Gasteiger partial charge in [-0.2, -0.15) is 0 Å². The van der Waals surface area contributed by atoms with Gasteiger partial charge in [0.15, 0.2) is 0 Å². The first-order chi connectivity index (χ1) is 10.2. The van der Waals surface area contributed by atoms with Crippen molar-refractivity contribution < 1.29 is 0 Å². The zero-order valence-electron chi connectivity index (χ0n) is 12.7. The van der Waals surface area contributed by atoms with Crippen LogP contribution in [0, 0.1) is 0 Å². The molecule has 0 aromatic heterocycles. The van der Waals surface area contributed by atoms with Gasteiger partial charge in [-0.3, -0.25) is 0 Å². The highest BCUT2D eigenvalue weighted by atomic mass is 31.4. The fraction of sp³-hybridized carbons (Fsp3) is 0.158. The van der Waals surface area contributed by atoms with Gasteiger partial charge in [0.05, 0.1) is 0 Å². The molecule has 0 radical (unpaired) electrons. The predicted octanol–water partition coefficient (Wildman–Crippen LogP) is 4.75. The van der Waals surface area contributed by atoms with Crippen LogP contribution in [0.1, 0.15) is 6.42 Å². The number of hydrogen-bond acceptors (Lipinski definition) is 0. The SMILES string of the molecule is C[Si](C)(C1=CCC=C1)P(c1ccccc1)c1ccccc1. The molecule has 21 heavy (non-hydrogen) atoms. The molecule has 1 aliphatic rings. The first-order valence-corrected chi connectivity index (χ1v) is 12.7. The zero-order valence-corrected chi connectivity index (χ0v) is 14.6. The number of benzene rings is 2. The van der Waals surface area contributed by atoms with Gasteiger partial charge >= 0.3 is 0 Å². The van der Waals surface area contributed by atoms with E-state index in [0.717, 1.165) is 6.42 Å². The summed E-state index contributed by atoms with van der Waals surface area (Å²) in [5.41, 5.74) is 0. The van der Waals surface area contributed by atoms with E-state index in [9.17, 15) is 0 Å². The molecule has 0 amide bonds. The standard InChI is InChI=1S/C19H21PSi/c1-21(2,19-15-9-10-16-19)20(17-11-5-3-6-12-17)18-13-7-4-8-14-18/h3-9,11-16H,10H2,1-2H3. The minimum atomic E-state index is -1.54. The second-order valence-electron chi connectivity index (χ2n) is 5.86. The van der Waals surface area contributed by atoms with Crippen molar-refractivity contribution in [3.8, 4) is 0 Å². The number of rotatable bonds is 4. The fourth-order valence-corrected chi connectivity index (χ4v) is 13.0. The molecule has 0 atom stereocenters. The van der Waals surface area contributed by atoms with Crippen LogP contribution in [0.4, 0.5) is 0 Å². The van der Waals surface area contributed by atoms with Gasteiger partial charge in [-0.1, -0.05) is 105 Å². The maximum atomic E-state index is 2.53. The second-order valence-corrected chi connectivity index (χ2v) is 16.0. The lowest BCUT2D eigenvalue weighted by Crippen LogP contribution is -2.35. The average molecular weight is 308 g/mol. The van der Waals surface area contributed by atoms with Crippen molar-refractivity contribution in [2.45, 2.75) is 19.5 Å². The van der Waals surface area contributed by atoms with E-state index in [1.165, 1.54) is 10.6 Å². The molecule has 106 valence electrons. The van der Waals surface area contributed by atoms with Crippen molar-refractivity contribution in [1.29, 1.82) is 0 Å². The summed E-state index contributed by atoms with van der Waals surface area (Å²) in [6.45, 7) is 5.06. The molecule has 0 unspecified atom stereocenters. The monoisotopic (exact) mass is 308 g/mol. The van der Waals surface area contributed by atoms with E-state index >= 15 is 0 Å². The third kappa shape index (κ3) is 2.95. The van der Waals surface area contributed by atoms with Crippen LogP contribution in [-0.4, -0.2) is 7.74 Å². The van der Waals surface area contributed by atoms with Gasteiger partial charge in [0, 0.05) is 0 Å². The van der Waals surface area contributed by atoms with Gasteiger partial charge in [-0.25, -0.2) is 0 Å². The molecular formula is C19H21PSi. The maximum absolute atomic E-state index is 2.53. The Morgan fingerprint density at radius 1 is 0.810 bits per heavy atom. The Hall–Kier alpha value is -1.43. The number of allylic oxidation sites excluding steroid dienone is 4. The third-order valence-corrected chi connectivity index (χ3v) is 14.3. The van der Waals surface area contributed by atoms with E-state index in [-0.39, 0.29) is 7.47 Å². The van der Waals surface area contributed by atoms with Crippen LogP contribution in [0.2, 0.25) is 13.1 Å². The first kappa shape index (κ1) is 14.5. The Morgan fingerprint density at radius 3 is 1.76 bits per heavy atom. The summed E-state index contributed by atoms with van der Waals surface area (Å²) in [5, 5.41) is 4.63. The minimum absolute atomic E-state index is 0.286. The molecule has 0 bridgehead atoms. The van der Waals surface area contributed by atoms with Crippen molar-refractivity contribution in [2.24, 2.45) is 0 Å². The predicted molar refractivity (Wildman–Crippen MR) is 98.4 cm³/mol. The normalized spacial score (nSPS) is 14.5. The van der Waals surface area contributed by atoms with Crippen LogP contribution >= 0.6 is 7.47 Å².